The molecule has 1 unspecified atom stereocenters. The van der Waals surface area contributed by atoms with Gasteiger partial charge in [-0.15, -0.1) is 0 Å². The van der Waals surface area contributed by atoms with Gasteiger partial charge in [0.2, 0.25) is 0 Å². The molecule has 0 aliphatic heterocycles. The van der Waals surface area contributed by atoms with Gasteiger partial charge in [-0.2, -0.15) is 0 Å². The van der Waals surface area contributed by atoms with E-state index in [0.717, 1.165) is 31.4 Å². The number of benzene rings is 1. The quantitative estimate of drug-likeness (QED) is 0.822. The highest BCUT2D eigenvalue weighted by molar-refractivity contribution is 5.30. The van der Waals surface area contributed by atoms with E-state index in [4.69, 9.17) is 4.74 Å². The molecular formula is C17H26FNO. The van der Waals surface area contributed by atoms with Gasteiger partial charge >= 0.3 is 0 Å². The van der Waals surface area contributed by atoms with E-state index in [1.54, 1.807) is 0 Å². The number of halogens is 1. The second kappa shape index (κ2) is 7.63. The zero-order valence-corrected chi connectivity index (χ0v) is 12.6. The Balaban J connectivity index is 1.97. The molecule has 0 spiro atoms. The Morgan fingerprint density at radius 1 is 1.30 bits per heavy atom. The maximum Gasteiger partial charge on any atom is 0.131 e. The summed E-state index contributed by atoms with van der Waals surface area (Å²) in [6.07, 6.45) is 7.26. The minimum Gasteiger partial charge on any atom is -0.490 e. The average Bonchev–Trinajstić information content (AvgIpc) is 2.46. The summed E-state index contributed by atoms with van der Waals surface area (Å²) < 4.78 is 20.1. The normalized spacial score (nSPS) is 17.9. The van der Waals surface area contributed by atoms with Crippen molar-refractivity contribution in [3.63, 3.8) is 0 Å². The van der Waals surface area contributed by atoms with E-state index < -0.39 is 0 Å². The average molecular weight is 279 g/mol. The number of hydrogen-bond donors (Lipinski definition) is 1. The van der Waals surface area contributed by atoms with Crippen molar-refractivity contribution in [2.24, 2.45) is 0 Å². The van der Waals surface area contributed by atoms with Crippen molar-refractivity contribution < 1.29 is 9.13 Å². The molecule has 1 atom stereocenters. The summed E-state index contributed by atoms with van der Waals surface area (Å²) in [5.41, 5.74) is 0.717. The number of hydrogen-bond acceptors (Lipinski definition) is 2. The molecule has 1 aromatic rings. The number of nitrogens with one attached hydrogen (secondary N) is 1. The van der Waals surface area contributed by atoms with Crippen molar-refractivity contribution in [2.75, 3.05) is 6.54 Å². The fourth-order valence-corrected chi connectivity index (χ4v) is 2.78. The van der Waals surface area contributed by atoms with Crippen molar-refractivity contribution in [3.8, 4) is 5.75 Å². The molecule has 3 heteroatoms. The van der Waals surface area contributed by atoms with E-state index in [2.05, 4.69) is 12.2 Å². The van der Waals surface area contributed by atoms with Gasteiger partial charge in [-0.25, -0.2) is 4.39 Å². The van der Waals surface area contributed by atoms with Crippen LogP contribution in [0.3, 0.4) is 0 Å². The fraction of sp³-hybridized carbons (Fsp3) is 0.647. The third-order valence-electron chi connectivity index (χ3n) is 3.99. The maximum absolute atomic E-state index is 14.2. The van der Waals surface area contributed by atoms with Crippen LogP contribution in [-0.4, -0.2) is 12.6 Å². The van der Waals surface area contributed by atoms with Crippen molar-refractivity contribution in [2.45, 2.75) is 64.5 Å². The molecule has 1 fully saturated rings. The van der Waals surface area contributed by atoms with Crippen LogP contribution in [0.1, 0.15) is 64.0 Å². The topological polar surface area (TPSA) is 21.3 Å². The lowest BCUT2D eigenvalue weighted by molar-refractivity contribution is 0.154. The molecular weight excluding hydrogens is 253 g/mol. The van der Waals surface area contributed by atoms with Crippen LogP contribution in [0.2, 0.25) is 0 Å². The fourth-order valence-electron chi connectivity index (χ4n) is 2.78. The Morgan fingerprint density at radius 3 is 2.70 bits per heavy atom. The van der Waals surface area contributed by atoms with Crippen LogP contribution in [0.15, 0.2) is 18.2 Å². The van der Waals surface area contributed by atoms with E-state index >= 15 is 0 Å². The molecule has 0 bridgehead atoms. The minimum absolute atomic E-state index is 0.0404. The summed E-state index contributed by atoms with van der Waals surface area (Å²) in [6.45, 7) is 5.01. The second-order valence-corrected chi connectivity index (χ2v) is 5.74. The van der Waals surface area contributed by atoms with Gasteiger partial charge in [-0.1, -0.05) is 19.4 Å². The van der Waals surface area contributed by atoms with Crippen molar-refractivity contribution in [3.05, 3.63) is 29.6 Å². The summed E-state index contributed by atoms with van der Waals surface area (Å²) in [5, 5.41) is 3.31. The van der Waals surface area contributed by atoms with Gasteiger partial charge in [0, 0.05) is 17.7 Å². The molecule has 112 valence electrons. The zero-order valence-electron chi connectivity index (χ0n) is 12.6. The molecule has 2 nitrogen and oxygen atoms in total. The first kappa shape index (κ1) is 15.3. The zero-order chi connectivity index (χ0) is 14.4. The Bertz CT molecular complexity index is 415. The van der Waals surface area contributed by atoms with Gasteiger partial charge in [0.25, 0.3) is 0 Å². The standard InChI is InChI=1S/C17H26FNO/c1-3-11-19-13(2)16-10-9-15(12-17(16)18)20-14-7-5-4-6-8-14/h9-10,12-14,19H,3-8,11H2,1-2H3. The first-order chi connectivity index (χ1) is 9.70. The monoisotopic (exact) mass is 279 g/mol. The van der Waals surface area contributed by atoms with Gasteiger partial charge < -0.3 is 10.1 Å². The summed E-state index contributed by atoms with van der Waals surface area (Å²) >= 11 is 0. The molecule has 0 radical (unpaired) electrons. The lowest BCUT2D eigenvalue weighted by Gasteiger charge is -2.23. The third-order valence-corrected chi connectivity index (χ3v) is 3.99. The smallest absolute Gasteiger partial charge is 0.131 e. The summed E-state index contributed by atoms with van der Waals surface area (Å²) in [7, 11) is 0. The lowest BCUT2D eigenvalue weighted by atomic mass is 9.98. The van der Waals surface area contributed by atoms with Crippen LogP contribution < -0.4 is 10.1 Å². The molecule has 1 aliphatic rings. The molecule has 0 saturated heterocycles. The number of rotatable bonds is 6. The van der Waals surface area contributed by atoms with Gasteiger partial charge in [0.1, 0.15) is 11.6 Å². The highest BCUT2D eigenvalue weighted by Gasteiger charge is 2.16. The van der Waals surface area contributed by atoms with Gasteiger partial charge in [0.15, 0.2) is 0 Å². The largest absolute Gasteiger partial charge is 0.490 e. The van der Waals surface area contributed by atoms with Crippen molar-refractivity contribution >= 4 is 0 Å². The lowest BCUT2D eigenvalue weighted by Crippen LogP contribution is -2.21. The summed E-state index contributed by atoms with van der Waals surface area (Å²) in [6, 6.07) is 5.32. The second-order valence-electron chi connectivity index (χ2n) is 5.74. The SMILES string of the molecule is CCCNC(C)c1ccc(OC2CCCCC2)cc1F. The molecule has 0 heterocycles. The van der Waals surface area contributed by atoms with Gasteiger partial charge in [-0.05, 0) is 51.6 Å². The first-order valence-electron chi connectivity index (χ1n) is 7.90. The Labute approximate surface area is 121 Å². The number of ether oxygens (including phenoxy) is 1. The van der Waals surface area contributed by atoms with Crippen LogP contribution >= 0.6 is 0 Å². The molecule has 1 aromatic carbocycles. The predicted molar refractivity (Wildman–Crippen MR) is 80.6 cm³/mol. The predicted octanol–water partition coefficient (Wildman–Crippen LogP) is 4.60. The van der Waals surface area contributed by atoms with Gasteiger partial charge in [0.05, 0.1) is 6.10 Å². The van der Waals surface area contributed by atoms with Crippen LogP contribution in [0.4, 0.5) is 4.39 Å². The van der Waals surface area contributed by atoms with Gasteiger partial charge in [-0.3, -0.25) is 0 Å². The minimum atomic E-state index is -0.172. The maximum atomic E-state index is 14.2. The molecule has 20 heavy (non-hydrogen) atoms. The third kappa shape index (κ3) is 4.20. The molecule has 2 rings (SSSR count). The van der Waals surface area contributed by atoms with Crippen LogP contribution in [0.25, 0.3) is 0 Å². The molecule has 0 amide bonds. The van der Waals surface area contributed by atoms with Crippen LogP contribution in [0.5, 0.6) is 5.75 Å². The molecule has 1 N–H and O–H groups in total. The first-order valence-corrected chi connectivity index (χ1v) is 7.90. The summed E-state index contributed by atoms with van der Waals surface area (Å²) in [4.78, 5) is 0. The van der Waals surface area contributed by atoms with Crippen LogP contribution in [0, 0.1) is 5.82 Å². The van der Waals surface area contributed by atoms with E-state index in [-0.39, 0.29) is 18.0 Å². The van der Waals surface area contributed by atoms with Crippen molar-refractivity contribution in [1.82, 2.24) is 5.32 Å². The highest BCUT2D eigenvalue weighted by atomic mass is 19.1. The van der Waals surface area contributed by atoms with Crippen molar-refractivity contribution in [1.29, 1.82) is 0 Å². The molecule has 0 aromatic heterocycles. The van der Waals surface area contributed by atoms with Crippen LogP contribution in [-0.2, 0) is 0 Å². The Kier molecular flexibility index (Phi) is 5.84. The molecule has 1 saturated carbocycles. The van der Waals surface area contributed by atoms with E-state index in [9.17, 15) is 4.39 Å². The Morgan fingerprint density at radius 2 is 2.05 bits per heavy atom. The van der Waals surface area contributed by atoms with E-state index in [0.29, 0.717) is 5.75 Å². The summed E-state index contributed by atoms with van der Waals surface area (Å²) in [5.74, 6) is 0.496. The molecule has 1 aliphatic carbocycles. The van der Waals surface area contributed by atoms with E-state index in [1.807, 2.05) is 19.1 Å². The van der Waals surface area contributed by atoms with E-state index in [1.165, 1.54) is 25.3 Å². The highest BCUT2D eigenvalue weighted by Crippen LogP contribution is 2.26. The Hall–Kier alpha value is -1.09.